The lowest BCUT2D eigenvalue weighted by Gasteiger charge is -2.24. The van der Waals surface area contributed by atoms with Crippen molar-refractivity contribution in [1.29, 1.82) is 0 Å². The molecule has 0 spiro atoms. The summed E-state index contributed by atoms with van der Waals surface area (Å²) in [5.41, 5.74) is -0.898. The van der Waals surface area contributed by atoms with Gasteiger partial charge in [0.2, 0.25) is 0 Å². The summed E-state index contributed by atoms with van der Waals surface area (Å²) < 4.78 is 62.6. The SMILES string of the molecule is CS(=O)(=O)c1cc(C(=O)N(Cc2ccccc2[N+](=O)[O-])CC(F)(F)F)ccc1Cl. The molecule has 2 aromatic rings. The molecule has 7 nitrogen and oxygen atoms in total. The smallest absolute Gasteiger partial charge is 0.325 e. The maximum Gasteiger partial charge on any atom is 0.406 e. The molecular formula is C17H14ClF3N2O5S. The summed E-state index contributed by atoms with van der Waals surface area (Å²) in [6.45, 7) is -2.39. The number of halogens is 4. The van der Waals surface area contributed by atoms with Crippen molar-refractivity contribution in [1.82, 2.24) is 4.90 Å². The van der Waals surface area contributed by atoms with Crippen LogP contribution in [-0.4, -0.2) is 43.1 Å². The van der Waals surface area contributed by atoms with Gasteiger partial charge in [-0.2, -0.15) is 13.2 Å². The number of carbonyl (C=O) groups is 1. The van der Waals surface area contributed by atoms with E-state index < -0.39 is 50.5 Å². The molecule has 1 amide bonds. The maximum absolute atomic E-state index is 13.0. The quantitative estimate of drug-likeness (QED) is 0.491. The molecule has 12 heteroatoms. The van der Waals surface area contributed by atoms with Crippen LogP contribution in [0.1, 0.15) is 15.9 Å². The largest absolute Gasteiger partial charge is 0.406 e. The lowest BCUT2D eigenvalue weighted by Crippen LogP contribution is -2.38. The Morgan fingerprint density at radius 2 is 1.83 bits per heavy atom. The van der Waals surface area contributed by atoms with E-state index in [0.29, 0.717) is 4.90 Å². The Balaban J connectivity index is 2.49. The van der Waals surface area contributed by atoms with Gasteiger partial charge in [0.15, 0.2) is 9.84 Å². The topological polar surface area (TPSA) is 97.6 Å². The zero-order chi connectivity index (χ0) is 22.0. The monoisotopic (exact) mass is 450 g/mol. The van der Waals surface area contributed by atoms with Gasteiger partial charge in [0.25, 0.3) is 11.6 Å². The molecule has 0 N–H and O–H groups in total. The fraction of sp³-hybridized carbons (Fsp3) is 0.235. The van der Waals surface area contributed by atoms with Crippen LogP contribution in [0.3, 0.4) is 0 Å². The minimum absolute atomic E-state index is 0.104. The number of sulfone groups is 1. The van der Waals surface area contributed by atoms with Gasteiger partial charge >= 0.3 is 6.18 Å². The molecule has 0 aliphatic heterocycles. The Morgan fingerprint density at radius 1 is 1.21 bits per heavy atom. The third-order valence-corrected chi connectivity index (χ3v) is 5.36. The molecule has 0 aliphatic carbocycles. The van der Waals surface area contributed by atoms with Crippen molar-refractivity contribution in [2.75, 3.05) is 12.8 Å². The first-order chi connectivity index (χ1) is 13.3. The van der Waals surface area contributed by atoms with Gasteiger partial charge in [-0.05, 0) is 18.2 Å². The van der Waals surface area contributed by atoms with Crippen molar-refractivity contribution in [3.8, 4) is 0 Å². The van der Waals surface area contributed by atoms with E-state index in [9.17, 15) is 36.5 Å². The molecule has 0 unspecified atom stereocenters. The second kappa shape index (κ2) is 8.37. The van der Waals surface area contributed by atoms with Crippen molar-refractivity contribution in [2.45, 2.75) is 17.6 Å². The standard InChI is InChI=1S/C17H14ClF3N2O5S/c1-29(27,28)15-8-11(6-7-13(15)18)16(24)22(10-17(19,20)21)9-12-4-2-3-5-14(12)23(25)26/h2-8H,9-10H2,1H3. The van der Waals surface area contributed by atoms with Gasteiger partial charge in [0, 0.05) is 23.4 Å². The van der Waals surface area contributed by atoms with E-state index in [2.05, 4.69) is 0 Å². The molecular weight excluding hydrogens is 437 g/mol. The van der Waals surface area contributed by atoms with Gasteiger partial charge in [-0.3, -0.25) is 14.9 Å². The van der Waals surface area contributed by atoms with Crippen LogP contribution in [0.5, 0.6) is 0 Å². The number of carbonyl (C=O) groups excluding carboxylic acids is 1. The molecule has 29 heavy (non-hydrogen) atoms. The van der Waals surface area contributed by atoms with E-state index in [4.69, 9.17) is 11.6 Å². The normalized spacial score (nSPS) is 11.9. The summed E-state index contributed by atoms with van der Waals surface area (Å²) in [6, 6.07) is 8.12. The molecule has 0 aromatic heterocycles. The van der Waals surface area contributed by atoms with Crippen molar-refractivity contribution in [3.63, 3.8) is 0 Å². The van der Waals surface area contributed by atoms with Crippen molar-refractivity contribution in [2.24, 2.45) is 0 Å². The lowest BCUT2D eigenvalue weighted by molar-refractivity contribution is -0.385. The summed E-state index contributed by atoms with van der Waals surface area (Å²) in [5, 5.41) is 10.9. The zero-order valence-corrected chi connectivity index (χ0v) is 16.4. The summed E-state index contributed by atoms with van der Waals surface area (Å²) in [4.78, 5) is 23.0. The van der Waals surface area contributed by atoms with Crippen LogP contribution in [0.25, 0.3) is 0 Å². The number of nitrogens with zero attached hydrogens (tertiary/aromatic N) is 2. The Morgan fingerprint density at radius 3 is 2.38 bits per heavy atom. The van der Waals surface area contributed by atoms with Gasteiger partial charge in [0.1, 0.15) is 6.54 Å². The molecule has 2 aromatic carbocycles. The Bertz CT molecular complexity index is 1060. The molecule has 0 bridgehead atoms. The number of hydrogen-bond acceptors (Lipinski definition) is 5. The fourth-order valence-electron chi connectivity index (χ4n) is 2.55. The highest BCUT2D eigenvalue weighted by molar-refractivity contribution is 7.90. The predicted molar refractivity (Wildman–Crippen MR) is 98.5 cm³/mol. The highest BCUT2D eigenvalue weighted by Crippen LogP contribution is 2.27. The van der Waals surface area contributed by atoms with Crippen molar-refractivity contribution in [3.05, 3.63) is 68.7 Å². The van der Waals surface area contributed by atoms with Gasteiger partial charge in [-0.15, -0.1) is 0 Å². The van der Waals surface area contributed by atoms with Crippen LogP contribution >= 0.6 is 11.6 Å². The third kappa shape index (κ3) is 5.91. The van der Waals surface area contributed by atoms with E-state index in [1.165, 1.54) is 18.2 Å². The highest BCUT2D eigenvalue weighted by atomic mass is 35.5. The first-order valence-electron chi connectivity index (χ1n) is 7.87. The van der Waals surface area contributed by atoms with Crippen molar-refractivity contribution < 1.29 is 31.3 Å². The fourth-order valence-corrected chi connectivity index (χ4v) is 3.85. The molecule has 0 saturated carbocycles. The number of amides is 1. The average Bonchev–Trinajstić information content (AvgIpc) is 2.59. The number of nitro groups is 1. The van der Waals surface area contributed by atoms with Gasteiger partial charge in [-0.1, -0.05) is 29.8 Å². The van der Waals surface area contributed by atoms with Crippen LogP contribution in [0, 0.1) is 10.1 Å². The number of hydrogen-bond donors (Lipinski definition) is 0. The second-order valence-corrected chi connectivity index (χ2v) is 8.47. The number of nitro benzene ring substituents is 1. The van der Waals surface area contributed by atoms with E-state index in [-0.39, 0.29) is 16.1 Å². The number of rotatable bonds is 6. The van der Waals surface area contributed by atoms with E-state index in [1.807, 2.05) is 0 Å². The molecule has 2 rings (SSSR count). The zero-order valence-electron chi connectivity index (χ0n) is 14.8. The number of benzene rings is 2. The molecule has 0 atom stereocenters. The maximum atomic E-state index is 13.0. The molecule has 0 heterocycles. The Hall–Kier alpha value is -2.66. The predicted octanol–water partition coefficient (Wildman–Crippen LogP) is 3.86. The van der Waals surface area contributed by atoms with Gasteiger partial charge in [0.05, 0.1) is 21.4 Å². The first-order valence-corrected chi connectivity index (χ1v) is 10.1. The molecule has 0 fully saturated rings. The number of alkyl halides is 3. The lowest BCUT2D eigenvalue weighted by atomic mass is 10.1. The average molecular weight is 451 g/mol. The van der Waals surface area contributed by atoms with Crippen LogP contribution in [0.15, 0.2) is 47.4 Å². The van der Waals surface area contributed by atoms with Crippen LogP contribution < -0.4 is 0 Å². The highest BCUT2D eigenvalue weighted by Gasteiger charge is 2.34. The van der Waals surface area contributed by atoms with Gasteiger partial charge < -0.3 is 4.90 Å². The summed E-state index contributed by atoms with van der Waals surface area (Å²) >= 11 is 5.80. The Labute approximate surface area is 168 Å². The number of para-hydroxylation sites is 1. The Kier molecular flexibility index (Phi) is 6.53. The first kappa shape index (κ1) is 22.6. The van der Waals surface area contributed by atoms with Crippen LogP contribution in [-0.2, 0) is 16.4 Å². The molecule has 0 radical (unpaired) electrons. The van der Waals surface area contributed by atoms with E-state index >= 15 is 0 Å². The minimum atomic E-state index is -4.79. The van der Waals surface area contributed by atoms with E-state index in [0.717, 1.165) is 30.5 Å². The van der Waals surface area contributed by atoms with Crippen LogP contribution in [0.2, 0.25) is 5.02 Å². The summed E-state index contributed by atoms with van der Waals surface area (Å²) in [5.74, 6) is -1.15. The van der Waals surface area contributed by atoms with Crippen LogP contribution in [0.4, 0.5) is 18.9 Å². The molecule has 0 aliphatic rings. The molecule has 156 valence electrons. The van der Waals surface area contributed by atoms with Gasteiger partial charge in [-0.25, -0.2) is 8.42 Å². The third-order valence-electron chi connectivity index (χ3n) is 3.78. The summed E-state index contributed by atoms with van der Waals surface area (Å²) in [6.07, 6.45) is -3.95. The second-order valence-electron chi connectivity index (χ2n) is 6.08. The minimum Gasteiger partial charge on any atom is -0.325 e. The van der Waals surface area contributed by atoms with E-state index in [1.54, 1.807) is 0 Å². The molecule has 0 saturated heterocycles. The summed E-state index contributed by atoms with van der Waals surface area (Å²) in [7, 11) is -3.84. The van der Waals surface area contributed by atoms with Crippen molar-refractivity contribution >= 4 is 33.0 Å².